The highest BCUT2D eigenvalue weighted by Gasteiger charge is 2.24. The molecule has 248 valence electrons. The number of hydrogen-bond donors (Lipinski definition) is 2. The Hall–Kier alpha value is -6.22. The van der Waals surface area contributed by atoms with Crippen LogP contribution in [0, 0.1) is 17.0 Å². The van der Waals surface area contributed by atoms with E-state index >= 15 is 0 Å². The molecule has 0 fully saturated rings. The number of ether oxygens (including phenoxy) is 2. The van der Waals surface area contributed by atoms with Crippen LogP contribution in [-0.4, -0.2) is 55.5 Å². The van der Waals surface area contributed by atoms with Gasteiger partial charge in [-0.3, -0.25) is 19.7 Å². The van der Waals surface area contributed by atoms with Gasteiger partial charge in [-0.2, -0.15) is 5.10 Å². The number of amides is 1. The second kappa shape index (κ2) is 14.3. The number of benzene rings is 4. The van der Waals surface area contributed by atoms with Crippen molar-refractivity contribution in [1.82, 2.24) is 25.3 Å². The molecule has 6 aromatic rings. The van der Waals surface area contributed by atoms with Crippen molar-refractivity contribution >= 4 is 40.1 Å². The molecule has 0 aliphatic heterocycles. The molecule has 0 spiro atoms. The zero-order valence-corrected chi connectivity index (χ0v) is 27.0. The van der Waals surface area contributed by atoms with Gasteiger partial charge in [-0.05, 0) is 37.3 Å². The van der Waals surface area contributed by atoms with Crippen molar-refractivity contribution in [1.29, 1.82) is 0 Å². The quantitative estimate of drug-likeness (QED) is 0.0630. The summed E-state index contributed by atoms with van der Waals surface area (Å²) in [5, 5.41) is 39.3. The van der Waals surface area contributed by atoms with Crippen LogP contribution in [0.1, 0.15) is 28.0 Å². The number of rotatable bonds is 12. The third-order valence-corrected chi connectivity index (χ3v) is 8.33. The number of phenolic OH excluding ortho intramolecular Hbond substituents is 1. The summed E-state index contributed by atoms with van der Waals surface area (Å²) in [6.45, 7) is 1.78. The number of methoxy groups -OCH3 is 1. The number of aromatic hydroxyl groups is 1. The summed E-state index contributed by atoms with van der Waals surface area (Å²) in [5.41, 5.74) is 2.32. The number of nitro benzene ring substituents is 1. The van der Waals surface area contributed by atoms with Gasteiger partial charge in [-0.1, -0.05) is 54.2 Å². The van der Waals surface area contributed by atoms with Crippen molar-refractivity contribution in [2.45, 2.75) is 24.3 Å². The first-order valence-electron chi connectivity index (χ1n) is 14.9. The molecule has 0 saturated carbocycles. The van der Waals surface area contributed by atoms with Gasteiger partial charge in [0.05, 0.1) is 35.4 Å². The minimum absolute atomic E-state index is 0.0108. The predicted octanol–water partition coefficient (Wildman–Crippen LogP) is 6.38. The van der Waals surface area contributed by atoms with Crippen LogP contribution in [-0.2, 0) is 15.3 Å². The van der Waals surface area contributed by atoms with Crippen molar-refractivity contribution in [3.63, 3.8) is 0 Å². The van der Waals surface area contributed by atoms with Crippen LogP contribution in [0.2, 0.25) is 0 Å². The Morgan fingerprint density at radius 1 is 1.02 bits per heavy atom. The lowest BCUT2D eigenvalue weighted by molar-refractivity contribution is -0.384. The molecule has 0 bridgehead atoms. The Bertz CT molecular complexity index is 2170. The van der Waals surface area contributed by atoms with Crippen molar-refractivity contribution in [3.8, 4) is 34.5 Å². The summed E-state index contributed by atoms with van der Waals surface area (Å²) in [4.78, 5) is 35.6. The number of nitro groups is 1. The largest absolute Gasteiger partial charge is 0.506 e. The molecule has 0 atom stereocenters. The van der Waals surface area contributed by atoms with Gasteiger partial charge in [0.1, 0.15) is 11.5 Å². The zero-order chi connectivity index (χ0) is 34.5. The molecule has 2 aromatic heterocycles. The molecule has 0 aliphatic rings. The van der Waals surface area contributed by atoms with Crippen LogP contribution >= 0.6 is 11.8 Å². The van der Waals surface area contributed by atoms with Gasteiger partial charge in [0, 0.05) is 46.3 Å². The van der Waals surface area contributed by atoms with E-state index in [-0.39, 0.29) is 47.3 Å². The van der Waals surface area contributed by atoms with Gasteiger partial charge in [0.25, 0.3) is 16.8 Å². The minimum Gasteiger partial charge on any atom is -0.506 e. The summed E-state index contributed by atoms with van der Waals surface area (Å²) in [7, 11) is 1.25. The highest BCUT2D eigenvalue weighted by Crippen LogP contribution is 2.41. The Morgan fingerprint density at radius 2 is 1.73 bits per heavy atom. The highest BCUT2D eigenvalue weighted by molar-refractivity contribution is 7.98. The lowest BCUT2D eigenvalue weighted by Crippen LogP contribution is -2.26. The van der Waals surface area contributed by atoms with E-state index in [1.807, 2.05) is 30.3 Å². The van der Waals surface area contributed by atoms with Gasteiger partial charge < -0.3 is 24.3 Å². The molecule has 1 amide bonds. The maximum Gasteiger partial charge on any atom is 0.307 e. The SMILES string of the molecule is COC(=O)CCNC(=O)c1cc(Oc2c(CSc3nnc(-c4ccccc4)o3)c(C)nn2-c2ccc([N+](=O)[O-])cc2)c2ccccc2c1O. The van der Waals surface area contributed by atoms with Crippen molar-refractivity contribution in [2.24, 2.45) is 0 Å². The Kier molecular flexibility index (Phi) is 9.53. The third-order valence-electron chi connectivity index (χ3n) is 7.48. The Labute approximate surface area is 282 Å². The number of aryl methyl sites for hydroxylation is 1. The van der Waals surface area contributed by atoms with Crippen LogP contribution in [0.4, 0.5) is 5.69 Å². The number of nitrogens with one attached hydrogen (secondary N) is 1. The van der Waals surface area contributed by atoms with Crippen LogP contribution < -0.4 is 10.1 Å². The van der Waals surface area contributed by atoms with Gasteiger partial charge >= 0.3 is 5.97 Å². The summed E-state index contributed by atoms with van der Waals surface area (Å²) in [6.07, 6.45) is -0.0540. The molecule has 2 heterocycles. The number of non-ortho nitro benzene ring substituents is 1. The fourth-order valence-corrected chi connectivity index (χ4v) is 5.80. The number of hydrogen-bond acceptors (Lipinski definition) is 12. The maximum atomic E-state index is 13.2. The van der Waals surface area contributed by atoms with E-state index in [2.05, 4.69) is 20.3 Å². The predicted molar refractivity (Wildman–Crippen MR) is 179 cm³/mol. The normalized spacial score (nSPS) is 11.0. The van der Waals surface area contributed by atoms with Crippen LogP contribution in [0.3, 0.4) is 0 Å². The van der Waals surface area contributed by atoms with E-state index in [1.54, 1.807) is 43.3 Å². The smallest absolute Gasteiger partial charge is 0.307 e. The molecule has 0 saturated heterocycles. The van der Waals surface area contributed by atoms with Crippen LogP contribution in [0.25, 0.3) is 27.9 Å². The van der Waals surface area contributed by atoms with E-state index in [9.17, 15) is 24.8 Å². The molecule has 49 heavy (non-hydrogen) atoms. The monoisotopic (exact) mass is 680 g/mol. The van der Waals surface area contributed by atoms with Gasteiger partial charge in [0.2, 0.25) is 11.8 Å². The average molecular weight is 681 g/mol. The van der Waals surface area contributed by atoms with Gasteiger partial charge in [-0.15, -0.1) is 10.2 Å². The molecular formula is C34H28N6O8S. The van der Waals surface area contributed by atoms with Crippen molar-refractivity contribution < 1.29 is 33.5 Å². The van der Waals surface area contributed by atoms with E-state index < -0.39 is 16.8 Å². The first-order chi connectivity index (χ1) is 23.7. The van der Waals surface area contributed by atoms with Crippen LogP contribution in [0.15, 0.2) is 94.6 Å². The number of phenols is 1. The third kappa shape index (κ3) is 7.06. The van der Waals surface area contributed by atoms with E-state index in [4.69, 9.17) is 14.3 Å². The molecule has 14 nitrogen and oxygen atoms in total. The van der Waals surface area contributed by atoms with E-state index in [0.29, 0.717) is 38.8 Å². The van der Waals surface area contributed by atoms with Gasteiger partial charge in [0.15, 0.2) is 0 Å². The van der Waals surface area contributed by atoms with E-state index in [1.165, 1.54) is 41.8 Å². The molecule has 0 radical (unpaired) electrons. The Balaban J connectivity index is 1.39. The Morgan fingerprint density at radius 3 is 2.45 bits per heavy atom. The number of fused-ring (bicyclic) bond motifs is 1. The maximum absolute atomic E-state index is 13.2. The number of carbonyl (C=O) groups is 2. The second-order valence-corrected chi connectivity index (χ2v) is 11.5. The summed E-state index contributed by atoms with van der Waals surface area (Å²) >= 11 is 1.27. The standard InChI is InChI=1S/C34H28N6O8S/c1-20-27(19-49-34-37-36-32(48-34)21-8-4-3-5-9-21)33(39(38-20)22-12-14-23(15-13-22)40(44)45)47-28-18-26(31(43)35-17-16-29(41)46-2)30(42)25-11-7-6-10-24(25)28/h3-15,18,42H,16-17,19H2,1-2H3,(H,35,43). The molecule has 15 heteroatoms. The molecular weight excluding hydrogens is 652 g/mol. The number of carbonyl (C=O) groups excluding carboxylic acids is 2. The van der Waals surface area contributed by atoms with Crippen molar-refractivity contribution in [2.75, 3.05) is 13.7 Å². The lowest BCUT2D eigenvalue weighted by Gasteiger charge is -2.16. The molecule has 2 N–H and O–H groups in total. The molecule has 0 unspecified atom stereocenters. The lowest BCUT2D eigenvalue weighted by atomic mass is 10.0. The second-order valence-electron chi connectivity index (χ2n) is 10.6. The first-order valence-corrected chi connectivity index (χ1v) is 15.8. The highest BCUT2D eigenvalue weighted by atomic mass is 32.2. The minimum atomic E-state index is -0.626. The number of aromatic nitrogens is 4. The van der Waals surface area contributed by atoms with Crippen molar-refractivity contribution in [3.05, 3.63) is 112 Å². The summed E-state index contributed by atoms with van der Waals surface area (Å²) < 4.78 is 18.6. The number of esters is 1. The topological polar surface area (TPSA) is 185 Å². The zero-order valence-electron chi connectivity index (χ0n) is 26.2. The fraction of sp³-hybridized carbons (Fsp3) is 0.147. The summed E-state index contributed by atoms with van der Waals surface area (Å²) in [6, 6.07) is 23.5. The number of thioether (sulfide) groups is 1. The molecule has 4 aromatic carbocycles. The average Bonchev–Trinajstić information content (AvgIpc) is 3.72. The fourth-order valence-electron chi connectivity index (χ4n) is 4.96. The van der Waals surface area contributed by atoms with Gasteiger partial charge in [-0.25, -0.2) is 4.68 Å². The molecule has 6 rings (SSSR count). The van der Waals surface area contributed by atoms with Crippen LogP contribution in [0.5, 0.6) is 17.4 Å². The van der Waals surface area contributed by atoms with E-state index in [0.717, 1.165) is 5.56 Å². The molecule has 0 aliphatic carbocycles. The number of nitrogens with zero attached hydrogens (tertiary/aromatic N) is 5. The summed E-state index contributed by atoms with van der Waals surface area (Å²) in [5.74, 6) is -0.255. The first kappa shape index (κ1) is 32.7.